The van der Waals surface area contributed by atoms with E-state index in [4.69, 9.17) is 15.9 Å². The molecular weight excluding hydrogens is 222 g/mol. The Kier molecular flexibility index (Phi) is 2.86. The summed E-state index contributed by atoms with van der Waals surface area (Å²) in [4.78, 5) is 27.0. The number of ketones is 1. The van der Waals surface area contributed by atoms with Gasteiger partial charge in [-0.1, -0.05) is 0 Å². The van der Waals surface area contributed by atoms with Crippen molar-refractivity contribution in [3.8, 4) is 0 Å². The Balaban J connectivity index is 2.12. The predicted molar refractivity (Wildman–Crippen MR) is 58.2 cm³/mol. The maximum absolute atomic E-state index is 11.8. The Morgan fingerprint density at radius 3 is 2.59 bits per heavy atom. The van der Waals surface area contributed by atoms with Crippen molar-refractivity contribution in [2.45, 2.75) is 12.5 Å². The number of ether oxygens (including phenoxy) is 1. The van der Waals surface area contributed by atoms with Gasteiger partial charge >= 0.3 is 5.97 Å². The minimum atomic E-state index is -1.23. The average molecular weight is 233 g/mol. The molecule has 6 nitrogen and oxygen atoms in total. The van der Waals surface area contributed by atoms with E-state index in [1.54, 1.807) is 24.5 Å². The molecule has 1 fully saturated rings. The Bertz CT molecular complexity index is 472. The van der Waals surface area contributed by atoms with E-state index in [1.807, 2.05) is 0 Å². The van der Waals surface area contributed by atoms with Crippen molar-refractivity contribution in [3.05, 3.63) is 30.1 Å². The summed E-state index contributed by atoms with van der Waals surface area (Å²) in [5.41, 5.74) is 6.03. The average Bonchev–Trinajstić information content (AvgIpc) is 2.55. The molecule has 6 heteroatoms. The summed E-state index contributed by atoms with van der Waals surface area (Å²) in [5.74, 6) is -2.88. The van der Waals surface area contributed by atoms with Crippen LogP contribution < -0.4 is 5.73 Å². The molecule has 3 N–H and O–H groups in total. The number of carbonyl (C=O) groups excluding carboxylic acids is 2. The number of nitrogens with two attached hydrogens (primary N) is 1. The Morgan fingerprint density at radius 2 is 2.06 bits per heavy atom. The summed E-state index contributed by atoms with van der Waals surface area (Å²) >= 11 is 0. The molecule has 17 heavy (non-hydrogen) atoms. The zero-order valence-electron chi connectivity index (χ0n) is 8.92. The minimum absolute atomic E-state index is 0.289. The van der Waals surface area contributed by atoms with E-state index in [9.17, 15) is 9.59 Å². The molecule has 0 saturated carbocycles. The maximum atomic E-state index is 11.8. The van der Waals surface area contributed by atoms with Gasteiger partial charge in [-0.3, -0.25) is 20.0 Å². The third-order valence-electron chi connectivity index (χ3n) is 2.58. The lowest BCUT2D eigenvalue weighted by atomic mass is 9.98. The van der Waals surface area contributed by atoms with Crippen LogP contribution in [0.2, 0.25) is 0 Å². The summed E-state index contributed by atoms with van der Waals surface area (Å²) in [6.45, 7) is 0. The lowest BCUT2D eigenvalue weighted by molar-refractivity contribution is -0.143. The van der Waals surface area contributed by atoms with Crippen LogP contribution in [0.1, 0.15) is 5.56 Å². The summed E-state index contributed by atoms with van der Waals surface area (Å²) in [6, 6.07) is 3.48. The Hall–Kier alpha value is -2.24. The molecule has 2 heterocycles. The number of hydrogen-bond acceptors (Lipinski definition) is 5. The van der Waals surface area contributed by atoms with Crippen LogP contribution in [0.3, 0.4) is 0 Å². The zero-order valence-corrected chi connectivity index (χ0v) is 8.92. The highest BCUT2D eigenvalue weighted by atomic mass is 16.6. The van der Waals surface area contributed by atoms with Gasteiger partial charge in [0.15, 0.2) is 17.8 Å². The van der Waals surface area contributed by atoms with Crippen LogP contribution in [-0.2, 0) is 20.7 Å². The van der Waals surface area contributed by atoms with E-state index < -0.39 is 29.6 Å². The monoisotopic (exact) mass is 233 g/mol. The van der Waals surface area contributed by atoms with Crippen LogP contribution in [0.4, 0.5) is 0 Å². The number of esters is 1. The maximum Gasteiger partial charge on any atom is 0.325 e. The fraction of sp³-hybridized carbons (Fsp3) is 0.273. The van der Waals surface area contributed by atoms with Crippen molar-refractivity contribution in [1.29, 1.82) is 5.41 Å². The molecule has 0 bridgehead atoms. The number of aromatic nitrogens is 1. The van der Waals surface area contributed by atoms with Crippen molar-refractivity contribution in [1.82, 2.24) is 4.98 Å². The molecule has 0 amide bonds. The number of nitrogens with one attached hydrogen (secondary N) is 1. The number of hydrogen-bond donors (Lipinski definition) is 2. The lowest BCUT2D eigenvalue weighted by Crippen LogP contribution is -2.33. The zero-order chi connectivity index (χ0) is 12.4. The third kappa shape index (κ3) is 2.15. The van der Waals surface area contributed by atoms with Gasteiger partial charge in [0.1, 0.15) is 5.84 Å². The molecule has 1 aromatic rings. The first-order valence-corrected chi connectivity index (χ1v) is 5.06. The summed E-state index contributed by atoms with van der Waals surface area (Å²) < 4.78 is 4.92. The van der Waals surface area contributed by atoms with E-state index >= 15 is 0 Å². The number of rotatable bonds is 3. The highest BCUT2D eigenvalue weighted by Crippen LogP contribution is 2.20. The normalized spacial score (nSPS) is 23.5. The minimum Gasteiger partial charge on any atom is -0.453 e. The first-order chi connectivity index (χ1) is 8.09. The van der Waals surface area contributed by atoms with Crippen molar-refractivity contribution >= 4 is 17.6 Å². The number of Topliss-reactive ketones (excluding diaryl/α,β-unsaturated/α-hetero) is 1. The predicted octanol–water partition coefficient (Wildman–Crippen LogP) is -0.329. The van der Waals surface area contributed by atoms with Gasteiger partial charge in [0.05, 0.1) is 0 Å². The smallest absolute Gasteiger partial charge is 0.325 e. The van der Waals surface area contributed by atoms with Gasteiger partial charge in [-0.25, -0.2) is 0 Å². The first-order valence-electron chi connectivity index (χ1n) is 5.06. The highest BCUT2D eigenvalue weighted by molar-refractivity contribution is 6.21. The fourth-order valence-electron chi connectivity index (χ4n) is 1.72. The van der Waals surface area contributed by atoms with Gasteiger partial charge in [0.2, 0.25) is 0 Å². The summed E-state index contributed by atoms with van der Waals surface area (Å²) in [6.07, 6.45) is 2.63. The molecule has 1 aliphatic rings. The molecule has 2 atom stereocenters. The van der Waals surface area contributed by atoms with E-state index in [-0.39, 0.29) is 6.42 Å². The lowest BCUT2D eigenvalue weighted by Gasteiger charge is -2.06. The molecule has 0 radical (unpaired) electrons. The SMILES string of the molecule is N=C(N)C1C(=O)OC(Cc2ccncc2)C1=O. The molecule has 2 rings (SSSR count). The number of cyclic esters (lactones) is 1. The molecule has 88 valence electrons. The largest absolute Gasteiger partial charge is 0.453 e. The van der Waals surface area contributed by atoms with Crippen LogP contribution in [0.25, 0.3) is 0 Å². The van der Waals surface area contributed by atoms with Crippen molar-refractivity contribution < 1.29 is 14.3 Å². The van der Waals surface area contributed by atoms with Crippen LogP contribution >= 0.6 is 0 Å². The van der Waals surface area contributed by atoms with Gasteiger partial charge in [-0.2, -0.15) is 0 Å². The van der Waals surface area contributed by atoms with Crippen molar-refractivity contribution in [2.75, 3.05) is 0 Å². The van der Waals surface area contributed by atoms with Crippen molar-refractivity contribution in [2.24, 2.45) is 11.7 Å². The topological polar surface area (TPSA) is 106 Å². The van der Waals surface area contributed by atoms with Gasteiger partial charge in [0.25, 0.3) is 0 Å². The Labute approximate surface area is 97.3 Å². The Morgan fingerprint density at radius 1 is 1.41 bits per heavy atom. The second-order valence-corrected chi connectivity index (χ2v) is 3.78. The quantitative estimate of drug-likeness (QED) is 0.322. The van der Waals surface area contributed by atoms with Gasteiger partial charge in [-0.15, -0.1) is 0 Å². The first kappa shape index (κ1) is 11.3. The second kappa shape index (κ2) is 4.32. The van der Waals surface area contributed by atoms with E-state index in [0.29, 0.717) is 0 Å². The van der Waals surface area contributed by atoms with Crippen LogP contribution in [0.15, 0.2) is 24.5 Å². The molecule has 1 aromatic heterocycles. The molecular formula is C11H11N3O3. The number of pyridine rings is 1. The van der Waals surface area contributed by atoms with Gasteiger partial charge in [0, 0.05) is 18.8 Å². The molecule has 1 aliphatic heterocycles. The molecule has 2 unspecified atom stereocenters. The van der Waals surface area contributed by atoms with Crippen LogP contribution in [-0.4, -0.2) is 28.7 Å². The fourth-order valence-corrected chi connectivity index (χ4v) is 1.72. The number of carbonyl (C=O) groups is 2. The summed E-state index contributed by atoms with van der Waals surface area (Å²) in [5, 5.41) is 7.17. The highest BCUT2D eigenvalue weighted by Gasteiger charge is 2.45. The standard InChI is InChI=1S/C11H11N3O3/c12-10(13)8-9(15)7(17-11(8)16)5-6-1-3-14-4-2-6/h1-4,7-8H,5H2,(H3,12,13). The second-order valence-electron chi connectivity index (χ2n) is 3.78. The van der Waals surface area contributed by atoms with E-state index in [0.717, 1.165) is 5.56 Å². The molecule has 0 aromatic carbocycles. The van der Waals surface area contributed by atoms with E-state index in [2.05, 4.69) is 4.98 Å². The van der Waals surface area contributed by atoms with Crippen LogP contribution in [0.5, 0.6) is 0 Å². The van der Waals surface area contributed by atoms with E-state index in [1.165, 1.54) is 0 Å². The number of nitrogens with zero attached hydrogens (tertiary/aromatic N) is 1. The number of amidine groups is 1. The van der Waals surface area contributed by atoms with Gasteiger partial charge in [-0.05, 0) is 17.7 Å². The third-order valence-corrected chi connectivity index (χ3v) is 2.58. The molecule has 1 saturated heterocycles. The van der Waals surface area contributed by atoms with Gasteiger partial charge < -0.3 is 10.5 Å². The molecule has 0 aliphatic carbocycles. The van der Waals surface area contributed by atoms with Crippen LogP contribution in [0, 0.1) is 11.3 Å². The van der Waals surface area contributed by atoms with Crippen molar-refractivity contribution in [3.63, 3.8) is 0 Å². The molecule has 0 spiro atoms. The summed E-state index contributed by atoms with van der Waals surface area (Å²) in [7, 11) is 0.